The van der Waals surface area contributed by atoms with Gasteiger partial charge in [0.05, 0.1) is 35.7 Å². The topological polar surface area (TPSA) is 72.6 Å². The van der Waals surface area contributed by atoms with E-state index in [-0.39, 0.29) is 0 Å². The first-order valence-corrected chi connectivity index (χ1v) is 12.4. The monoisotopic (exact) mass is 443 g/mol. The number of rotatable bonds is 5. The van der Waals surface area contributed by atoms with Crippen molar-refractivity contribution in [2.45, 2.75) is 44.4 Å². The number of imidazole rings is 1. The van der Waals surface area contributed by atoms with E-state index in [4.69, 9.17) is 9.72 Å². The summed E-state index contributed by atoms with van der Waals surface area (Å²) in [6, 6.07) is 9.93. The average Bonchev–Trinajstić information content (AvgIpc) is 3.40. The first-order chi connectivity index (χ1) is 15.0. The van der Waals surface area contributed by atoms with Gasteiger partial charge in [-0.15, -0.1) is 0 Å². The van der Waals surface area contributed by atoms with Crippen molar-refractivity contribution in [3.8, 4) is 0 Å². The number of hydrogen-bond acceptors (Lipinski definition) is 5. The zero-order chi connectivity index (χ0) is 21.6. The van der Waals surface area contributed by atoms with E-state index in [1.807, 2.05) is 6.07 Å². The summed E-state index contributed by atoms with van der Waals surface area (Å²) in [7, 11) is -3.54. The molecule has 5 rings (SSSR count). The normalized spacial score (nSPS) is 20.9. The summed E-state index contributed by atoms with van der Waals surface area (Å²) >= 11 is 0. The molecule has 3 aromatic rings. The molecule has 0 N–H and O–H groups in total. The molecule has 1 fully saturated rings. The van der Waals surface area contributed by atoms with Crippen LogP contribution in [0.3, 0.4) is 0 Å². The van der Waals surface area contributed by atoms with Crippen LogP contribution < -0.4 is 0 Å². The van der Waals surface area contributed by atoms with Crippen molar-refractivity contribution in [1.29, 1.82) is 0 Å². The van der Waals surface area contributed by atoms with Crippen LogP contribution in [0.2, 0.25) is 0 Å². The SMILES string of the molecule is CCn1c(CN2CCn3cccc3[C@H]2C)nc2cc(S(=O)(=O)N3CCOCC3)ccc21. The second kappa shape index (κ2) is 8.05. The number of sulfonamides is 1. The van der Waals surface area contributed by atoms with Crippen molar-refractivity contribution in [1.82, 2.24) is 23.3 Å². The van der Waals surface area contributed by atoms with Crippen molar-refractivity contribution in [3.63, 3.8) is 0 Å². The van der Waals surface area contributed by atoms with Crippen molar-refractivity contribution >= 4 is 21.1 Å². The van der Waals surface area contributed by atoms with E-state index in [1.54, 1.807) is 12.1 Å². The van der Waals surface area contributed by atoms with Gasteiger partial charge in [0, 0.05) is 50.7 Å². The van der Waals surface area contributed by atoms with Crippen LogP contribution in [0.5, 0.6) is 0 Å². The van der Waals surface area contributed by atoms with Gasteiger partial charge in [0.1, 0.15) is 5.82 Å². The second-order valence-electron chi connectivity index (χ2n) is 8.21. The van der Waals surface area contributed by atoms with Gasteiger partial charge in [-0.2, -0.15) is 4.31 Å². The molecule has 2 aliphatic heterocycles. The highest BCUT2D eigenvalue weighted by molar-refractivity contribution is 7.89. The molecule has 0 bridgehead atoms. The molecule has 9 heteroatoms. The van der Waals surface area contributed by atoms with Crippen LogP contribution in [0.25, 0.3) is 11.0 Å². The van der Waals surface area contributed by atoms with Crippen LogP contribution in [0.15, 0.2) is 41.4 Å². The van der Waals surface area contributed by atoms with Gasteiger partial charge in [0.25, 0.3) is 0 Å². The fraction of sp³-hybridized carbons (Fsp3) is 0.500. The summed E-state index contributed by atoms with van der Waals surface area (Å²) < 4.78 is 37.4. The smallest absolute Gasteiger partial charge is 0.243 e. The Bertz CT molecular complexity index is 1190. The molecule has 0 radical (unpaired) electrons. The third kappa shape index (κ3) is 3.59. The molecule has 0 aliphatic carbocycles. The highest BCUT2D eigenvalue weighted by Gasteiger charge is 2.28. The van der Waals surface area contributed by atoms with Crippen molar-refractivity contribution < 1.29 is 13.2 Å². The van der Waals surface area contributed by atoms with Gasteiger partial charge >= 0.3 is 0 Å². The predicted molar refractivity (Wildman–Crippen MR) is 118 cm³/mol. The first-order valence-electron chi connectivity index (χ1n) is 10.9. The maximum atomic E-state index is 13.1. The molecule has 2 aromatic heterocycles. The number of benzene rings is 1. The fourth-order valence-electron chi connectivity index (χ4n) is 4.75. The number of ether oxygens (including phenoxy) is 1. The number of aromatic nitrogens is 3. The molecule has 1 aromatic carbocycles. The molecular weight excluding hydrogens is 414 g/mol. The maximum absolute atomic E-state index is 13.1. The summed E-state index contributed by atoms with van der Waals surface area (Å²) in [6.07, 6.45) is 2.14. The van der Waals surface area contributed by atoms with E-state index in [2.05, 4.69) is 46.2 Å². The Labute approximate surface area is 183 Å². The Morgan fingerprint density at radius 3 is 2.71 bits per heavy atom. The van der Waals surface area contributed by atoms with Crippen LogP contribution >= 0.6 is 0 Å². The van der Waals surface area contributed by atoms with Gasteiger partial charge in [-0.1, -0.05) is 0 Å². The van der Waals surface area contributed by atoms with E-state index in [0.717, 1.165) is 43.0 Å². The maximum Gasteiger partial charge on any atom is 0.243 e. The van der Waals surface area contributed by atoms with E-state index >= 15 is 0 Å². The Hall–Kier alpha value is -2.20. The lowest BCUT2D eigenvalue weighted by Gasteiger charge is -2.34. The van der Waals surface area contributed by atoms with Gasteiger partial charge in [-0.05, 0) is 44.2 Å². The predicted octanol–water partition coefficient (Wildman–Crippen LogP) is 2.46. The van der Waals surface area contributed by atoms with E-state index < -0.39 is 10.0 Å². The molecule has 0 saturated carbocycles. The zero-order valence-corrected chi connectivity index (χ0v) is 18.9. The van der Waals surface area contributed by atoms with E-state index in [0.29, 0.717) is 37.2 Å². The molecule has 1 atom stereocenters. The van der Waals surface area contributed by atoms with E-state index in [1.165, 1.54) is 10.00 Å². The molecule has 0 unspecified atom stereocenters. The number of hydrogen-bond donors (Lipinski definition) is 0. The zero-order valence-electron chi connectivity index (χ0n) is 18.1. The van der Waals surface area contributed by atoms with Crippen molar-refractivity contribution in [3.05, 3.63) is 48.0 Å². The number of morpholine rings is 1. The minimum atomic E-state index is -3.54. The first kappa shape index (κ1) is 20.7. The second-order valence-corrected chi connectivity index (χ2v) is 10.2. The molecule has 1 saturated heterocycles. The van der Waals surface area contributed by atoms with Gasteiger partial charge < -0.3 is 13.9 Å². The summed E-state index contributed by atoms with van der Waals surface area (Å²) in [5.74, 6) is 0.977. The molecule has 0 spiro atoms. The Morgan fingerprint density at radius 2 is 1.94 bits per heavy atom. The summed E-state index contributed by atoms with van der Waals surface area (Å²) in [5, 5.41) is 0. The Balaban J connectivity index is 1.46. The minimum Gasteiger partial charge on any atom is -0.379 e. The molecule has 8 nitrogen and oxygen atoms in total. The highest BCUT2D eigenvalue weighted by Crippen LogP contribution is 2.29. The van der Waals surface area contributed by atoms with Crippen LogP contribution in [0.4, 0.5) is 0 Å². The van der Waals surface area contributed by atoms with Gasteiger partial charge in [-0.25, -0.2) is 13.4 Å². The highest BCUT2D eigenvalue weighted by atomic mass is 32.2. The third-order valence-corrected chi connectivity index (χ3v) is 8.43. The summed E-state index contributed by atoms with van der Waals surface area (Å²) in [5.41, 5.74) is 3.04. The molecule has 31 heavy (non-hydrogen) atoms. The number of aryl methyl sites for hydroxylation is 1. The van der Waals surface area contributed by atoms with Crippen molar-refractivity contribution in [2.75, 3.05) is 32.8 Å². The molecule has 2 aliphatic rings. The average molecular weight is 444 g/mol. The number of nitrogens with zero attached hydrogens (tertiary/aromatic N) is 5. The third-order valence-electron chi connectivity index (χ3n) is 6.54. The lowest BCUT2D eigenvalue weighted by atomic mass is 10.1. The molecular formula is C22H29N5O3S. The molecule has 166 valence electrons. The number of fused-ring (bicyclic) bond motifs is 2. The quantitative estimate of drug-likeness (QED) is 0.606. The summed E-state index contributed by atoms with van der Waals surface area (Å²) in [4.78, 5) is 7.62. The Morgan fingerprint density at radius 1 is 1.13 bits per heavy atom. The van der Waals surface area contributed by atoms with E-state index in [9.17, 15) is 8.42 Å². The lowest BCUT2D eigenvalue weighted by Crippen LogP contribution is -2.40. The summed E-state index contributed by atoms with van der Waals surface area (Å²) in [6.45, 7) is 9.46. The van der Waals surface area contributed by atoms with Crippen LogP contribution in [0, 0.1) is 0 Å². The lowest BCUT2D eigenvalue weighted by molar-refractivity contribution is 0.0730. The van der Waals surface area contributed by atoms with Gasteiger partial charge in [0.15, 0.2) is 0 Å². The standard InChI is InChI=1S/C22H29N5O3S/c1-3-27-21-7-6-18(31(28,29)26-11-13-30-14-12-26)15-19(21)23-22(27)16-25-10-9-24-8-4-5-20(24)17(25)2/h4-8,15,17H,3,9-14,16H2,1-2H3/t17-/m1/s1. The van der Waals surface area contributed by atoms with Gasteiger partial charge in [0.2, 0.25) is 10.0 Å². The van der Waals surface area contributed by atoms with Crippen LogP contribution in [-0.4, -0.2) is 64.6 Å². The molecule has 4 heterocycles. The van der Waals surface area contributed by atoms with Crippen molar-refractivity contribution in [2.24, 2.45) is 0 Å². The minimum absolute atomic E-state index is 0.304. The largest absolute Gasteiger partial charge is 0.379 e. The fourth-order valence-corrected chi connectivity index (χ4v) is 6.18. The molecule has 0 amide bonds. The van der Waals surface area contributed by atoms with Gasteiger partial charge in [-0.3, -0.25) is 4.90 Å². The van der Waals surface area contributed by atoms with Crippen LogP contribution in [0.1, 0.15) is 31.4 Å². The van der Waals surface area contributed by atoms with Crippen LogP contribution in [-0.2, 0) is 34.4 Å². The Kier molecular flexibility index (Phi) is 5.37.